The molecule has 1 aliphatic heterocycles. The van der Waals surface area contributed by atoms with Crippen molar-refractivity contribution in [2.45, 2.75) is 12.7 Å². The molecule has 1 unspecified atom stereocenters. The van der Waals surface area contributed by atoms with Crippen LogP contribution in [0.25, 0.3) is 0 Å². The minimum atomic E-state index is -0.542. The van der Waals surface area contributed by atoms with Crippen molar-refractivity contribution >= 4 is 52.3 Å². The van der Waals surface area contributed by atoms with Gasteiger partial charge in [-0.1, -0.05) is 35.3 Å². The molecule has 0 saturated carbocycles. The normalized spacial score (nSPS) is 19.0. The second kappa shape index (κ2) is 7.53. The van der Waals surface area contributed by atoms with Gasteiger partial charge in [-0.2, -0.15) is 0 Å². The first-order valence-corrected chi connectivity index (χ1v) is 8.56. The number of hydrogen-bond donors (Lipinski definition) is 1. The maximum absolute atomic E-state index is 13.4. The van der Waals surface area contributed by atoms with Gasteiger partial charge in [-0.05, 0) is 47.8 Å². The van der Waals surface area contributed by atoms with Crippen molar-refractivity contribution in [3.8, 4) is 0 Å². The predicted octanol–water partition coefficient (Wildman–Crippen LogP) is 4.40. The molecule has 1 aliphatic rings. The molecule has 8 heteroatoms. The number of nitrogens with zero attached hydrogens (tertiary/aromatic N) is 2. The van der Waals surface area contributed by atoms with Crippen LogP contribution in [0, 0.1) is 5.82 Å². The minimum absolute atomic E-state index is 0.321. The molecule has 0 aromatic heterocycles. The van der Waals surface area contributed by atoms with Crippen LogP contribution in [-0.2, 0) is 11.3 Å². The van der Waals surface area contributed by atoms with Gasteiger partial charge in [-0.15, -0.1) is 0 Å². The molecule has 0 bridgehead atoms. The number of halogens is 3. The third kappa shape index (κ3) is 3.89. The molecule has 24 heavy (non-hydrogen) atoms. The SMILES string of the molecule is O=CC1NSC(=Nc2ccc(Cl)c(Cl)c2)N1Cc1cccc(F)c1. The average Bonchev–Trinajstić information content (AvgIpc) is 2.93. The van der Waals surface area contributed by atoms with Gasteiger partial charge in [-0.3, -0.25) is 4.79 Å². The van der Waals surface area contributed by atoms with Crippen molar-refractivity contribution in [2.75, 3.05) is 0 Å². The molecule has 1 N–H and O–H groups in total. The fourth-order valence-electron chi connectivity index (χ4n) is 2.21. The number of aliphatic imine (C=N–C) groups is 1. The van der Waals surface area contributed by atoms with Gasteiger partial charge < -0.3 is 4.90 Å². The summed E-state index contributed by atoms with van der Waals surface area (Å²) in [6.07, 6.45) is 0.240. The average molecular weight is 384 g/mol. The molecule has 2 aromatic rings. The maximum atomic E-state index is 13.4. The van der Waals surface area contributed by atoms with Crippen molar-refractivity contribution < 1.29 is 9.18 Å². The highest BCUT2D eigenvalue weighted by Crippen LogP contribution is 2.29. The van der Waals surface area contributed by atoms with E-state index in [0.717, 1.165) is 11.8 Å². The fourth-order valence-corrected chi connectivity index (χ4v) is 3.35. The second-order valence-electron chi connectivity index (χ2n) is 5.05. The first-order chi connectivity index (χ1) is 11.6. The third-order valence-electron chi connectivity index (χ3n) is 3.35. The highest BCUT2D eigenvalue weighted by atomic mass is 35.5. The summed E-state index contributed by atoms with van der Waals surface area (Å²) in [5.41, 5.74) is 1.36. The second-order valence-corrected chi connectivity index (χ2v) is 6.67. The Balaban J connectivity index is 1.89. The summed E-state index contributed by atoms with van der Waals surface area (Å²) in [5, 5.41) is 1.44. The van der Waals surface area contributed by atoms with Gasteiger partial charge in [0.1, 0.15) is 12.0 Å². The molecule has 3 rings (SSSR count). The van der Waals surface area contributed by atoms with E-state index in [1.165, 1.54) is 24.1 Å². The monoisotopic (exact) mass is 383 g/mol. The van der Waals surface area contributed by atoms with E-state index in [0.29, 0.717) is 27.4 Å². The van der Waals surface area contributed by atoms with E-state index in [-0.39, 0.29) is 5.82 Å². The van der Waals surface area contributed by atoms with Crippen LogP contribution in [0.5, 0.6) is 0 Å². The molecule has 1 saturated heterocycles. The first kappa shape index (κ1) is 17.2. The highest BCUT2D eigenvalue weighted by Gasteiger charge is 2.29. The van der Waals surface area contributed by atoms with Crippen LogP contribution >= 0.6 is 35.1 Å². The van der Waals surface area contributed by atoms with Crippen LogP contribution in [-0.4, -0.2) is 22.5 Å². The lowest BCUT2D eigenvalue weighted by Gasteiger charge is -2.21. The van der Waals surface area contributed by atoms with Crippen molar-refractivity contribution in [2.24, 2.45) is 4.99 Å². The Labute approximate surface area is 152 Å². The Morgan fingerprint density at radius 1 is 1.25 bits per heavy atom. The van der Waals surface area contributed by atoms with Gasteiger partial charge in [0.25, 0.3) is 0 Å². The molecule has 0 spiro atoms. The lowest BCUT2D eigenvalue weighted by atomic mass is 10.2. The molecule has 2 aromatic carbocycles. The van der Waals surface area contributed by atoms with Crippen molar-refractivity contribution in [1.29, 1.82) is 0 Å². The summed E-state index contributed by atoms with van der Waals surface area (Å²) in [4.78, 5) is 17.6. The van der Waals surface area contributed by atoms with Crippen molar-refractivity contribution in [1.82, 2.24) is 9.62 Å². The summed E-state index contributed by atoms with van der Waals surface area (Å²) < 4.78 is 16.4. The number of rotatable bonds is 4. The Kier molecular flexibility index (Phi) is 5.40. The van der Waals surface area contributed by atoms with Gasteiger partial charge in [0.15, 0.2) is 11.5 Å². The predicted molar refractivity (Wildman–Crippen MR) is 96.1 cm³/mol. The zero-order valence-corrected chi connectivity index (χ0v) is 14.6. The highest BCUT2D eigenvalue weighted by molar-refractivity contribution is 8.12. The summed E-state index contributed by atoms with van der Waals surface area (Å²) in [7, 11) is 0. The van der Waals surface area contributed by atoms with E-state index in [9.17, 15) is 9.18 Å². The summed E-state index contributed by atoms with van der Waals surface area (Å²) in [6.45, 7) is 0.349. The van der Waals surface area contributed by atoms with Crippen LogP contribution in [0.2, 0.25) is 10.0 Å². The van der Waals surface area contributed by atoms with E-state index in [4.69, 9.17) is 23.2 Å². The van der Waals surface area contributed by atoms with Crippen LogP contribution in [0.15, 0.2) is 47.5 Å². The number of hydrogen-bond acceptors (Lipinski definition) is 4. The van der Waals surface area contributed by atoms with Gasteiger partial charge >= 0.3 is 0 Å². The Morgan fingerprint density at radius 2 is 2.08 bits per heavy atom. The largest absolute Gasteiger partial charge is 0.323 e. The summed E-state index contributed by atoms with van der Waals surface area (Å²) in [5.74, 6) is -0.321. The zero-order valence-electron chi connectivity index (χ0n) is 12.2. The summed E-state index contributed by atoms with van der Waals surface area (Å²) >= 11 is 13.1. The van der Waals surface area contributed by atoms with Gasteiger partial charge in [0.2, 0.25) is 0 Å². The van der Waals surface area contributed by atoms with E-state index in [1.807, 2.05) is 0 Å². The van der Waals surface area contributed by atoms with Gasteiger partial charge in [0.05, 0.1) is 15.7 Å². The molecular formula is C16H12Cl2FN3OS. The van der Waals surface area contributed by atoms with Gasteiger partial charge in [-0.25, -0.2) is 14.1 Å². The molecule has 0 radical (unpaired) electrons. The standard InChI is InChI=1S/C16H12Cl2FN3OS/c17-13-5-4-12(7-14(13)18)20-16-22(15(9-23)21-24-16)8-10-2-1-3-11(19)6-10/h1-7,9,15,21H,8H2. The molecule has 0 amide bonds. The number of aldehydes is 1. The lowest BCUT2D eigenvalue weighted by Crippen LogP contribution is -2.38. The number of benzene rings is 2. The van der Waals surface area contributed by atoms with Crippen molar-refractivity contribution in [3.63, 3.8) is 0 Å². The first-order valence-electron chi connectivity index (χ1n) is 6.99. The van der Waals surface area contributed by atoms with Gasteiger partial charge in [0, 0.05) is 6.54 Å². The fraction of sp³-hybridized carbons (Fsp3) is 0.125. The molecule has 124 valence electrons. The Hall–Kier alpha value is -1.60. The zero-order chi connectivity index (χ0) is 17.1. The molecule has 1 heterocycles. The van der Waals surface area contributed by atoms with E-state index in [2.05, 4.69) is 9.71 Å². The van der Waals surface area contributed by atoms with Crippen LogP contribution in [0.4, 0.5) is 10.1 Å². The molecule has 1 atom stereocenters. The maximum Gasteiger partial charge on any atom is 0.181 e. The van der Waals surface area contributed by atoms with Crippen LogP contribution in [0.3, 0.4) is 0 Å². The molecule has 1 fully saturated rings. The number of amidine groups is 1. The smallest absolute Gasteiger partial charge is 0.181 e. The Morgan fingerprint density at radius 3 is 2.79 bits per heavy atom. The van der Waals surface area contributed by atoms with E-state index >= 15 is 0 Å². The minimum Gasteiger partial charge on any atom is -0.323 e. The quantitative estimate of drug-likeness (QED) is 0.627. The molecule has 4 nitrogen and oxygen atoms in total. The van der Waals surface area contributed by atoms with Crippen LogP contribution in [0.1, 0.15) is 5.56 Å². The van der Waals surface area contributed by atoms with E-state index < -0.39 is 6.17 Å². The number of nitrogens with one attached hydrogen (secondary N) is 1. The van der Waals surface area contributed by atoms with E-state index in [1.54, 1.807) is 35.2 Å². The van der Waals surface area contributed by atoms with Crippen LogP contribution < -0.4 is 4.72 Å². The van der Waals surface area contributed by atoms with Crippen molar-refractivity contribution in [3.05, 3.63) is 63.9 Å². The lowest BCUT2D eigenvalue weighted by molar-refractivity contribution is -0.111. The Bertz CT molecular complexity index is 803. The summed E-state index contributed by atoms with van der Waals surface area (Å²) in [6, 6.07) is 11.3. The number of carbonyl (C=O) groups excluding carboxylic acids is 1. The molecular weight excluding hydrogens is 372 g/mol. The molecule has 0 aliphatic carbocycles. The topological polar surface area (TPSA) is 44.7 Å². The third-order valence-corrected chi connectivity index (χ3v) is 4.96. The number of carbonyl (C=O) groups is 1.